The topological polar surface area (TPSA) is 37.3 Å². The van der Waals surface area contributed by atoms with Gasteiger partial charge in [-0.2, -0.15) is 0 Å². The molecule has 0 spiro atoms. The minimum Gasteiger partial charge on any atom is -0.392 e. The number of carbonyl (C=O) groups is 1. The summed E-state index contributed by atoms with van der Waals surface area (Å²) in [6.45, 7) is 0.0378. The molecule has 2 nitrogen and oxygen atoms in total. The van der Waals surface area contributed by atoms with Crippen LogP contribution in [0.2, 0.25) is 0 Å². The van der Waals surface area contributed by atoms with Gasteiger partial charge in [0.2, 0.25) is 0 Å². The molecule has 1 heterocycles. The number of hydrogen-bond acceptors (Lipinski definition) is 3. The van der Waals surface area contributed by atoms with Gasteiger partial charge < -0.3 is 5.11 Å². The summed E-state index contributed by atoms with van der Waals surface area (Å²) in [5.74, 6) is 0. The zero-order valence-electron chi connectivity index (χ0n) is 8.31. The molecule has 0 aliphatic carbocycles. The van der Waals surface area contributed by atoms with Gasteiger partial charge in [-0.3, -0.25) is 4.79 Å². The van der Waals surface area contributed by atoms with E-state index in [4.69, 9.17) is 16.7 Å². The van der Waals surface area contributed by atoms with Crippen LogP contribution in [0.3, 0.4) is 0 Å². The molecule has 0 atom stereocenters. The van der Waals surface area contributed by atoms with E-state index in [1.54, 1.807) is 6.07 Å². The molecule has 0 radical (unpaired) electrons. The lowest BCUT2D eigenvalue weighted by Gasteiger charge is -1.99. The second-order valence-electron chi connectivity index (χ2n) is 3.29. The third kappa shape index (κ3) is 2.32. The summed E-state index contributed by atoms with van der Waals surface area (Å²) in [5.41, 5.74) is 1.89. The van der Waals surface area contributed by atoms with Crippen LogP contribution in [0.4, 0.5) is 0 Å². The van der Waals surface area contributed by atoms with Crippen LogP contribution in [0.5, 0.6) is 0 Å². The van der Waals surface area contributed by atoms with E-state index in [2.05, 4.69) is 0 Å². The summed E-state index contributed by atoms with van der Waals surface area (Å²) in [7, 11) is 0. The third-order valence-corrected chi connectivity index (χ3v) is 3.67. The quantitative estimate of drug-likeness (QED) is 0.852. The van der Waals surface area contributed by atoms with Crippen LogP contribution in [0.15, 0.2) is 36.4 Å². The standard InChI is InChI=1S/C12H9ClO2S/c13-12(15)11-6-5-10(16-11)9-3-1-8(7-14)2-4-9/h1-6,14H,7H2. The van der Waals surface area contributed by atoms with Gasteiger partial charge in [-0.1, -0.05) is 24.3 Å². The van der Waals surface area contributed by atoms with Crippen LogP contribution < -0.4 is 0 Å². The van der Waals surface area contributed by atoms with Crippen molar-refractivity contribution < 1.29 is 9.90 Å². The van der Waals surface area contributed by atoms with Crippen LogP contribution in [0.25, 0.3) is 10.4 Å². The van der Waals surface area contributed by atoms with Crippen LogP contribution in [-0.2, 0) is 6.61 Å². The van der Waals surface area contributed by atoms with Crippen LogP contribution in [0.1, 0.15) is 15.2 Å². The Labute approximate surface area is 102 Å². The highest BCUT2D eigenvalue weighted by Crippen LogP contribution is 2.29. The zero-order valence-corrected chi connectivity index (χ0v) is 9.89. The molecule has 16 heavy (non-hydrogen) atoms. The molecule has 1 N–H and O–H groups in total. The van der Waals surface area contributed by atoms with Crippen molar-refractivity contribution in [3.8, 4) is 10.4 Å². The number of aliphatic hydroxyl groups is 1. The van der Waals surface area contributed by atoms with Crippen LogP contribution in [-0.4, -0.2) is 10.3 Å². The molecule has 0 bridgehead atoms. The third-order valence-electron chi connectivity index (χ3n) is 2.22. The highest BCUT2D eigenvalue weighted by Gasteiger charge is 2.07. The van der Waals surface area contributed by atoms with Gasteiger partial charge in [-0.15, -0.1) is 11.3 Å². The van der Waals surface area contributed by atoms with Gasteiger partial charge in [-0.25, -0.2) is 0 Å². The molecule has 0 saturated carbocycles. The summed E-state index contributed by atoms with van der Waals surface area (Å²) in [6.07, 6.45) is 0. The average molecular weight is 253 g/mol. The van der Waals surface area contributed by atoms with Crippen molar-refractivity contribution in [1.29, 1.82) is 0 Å². The summed E-state index contributed by atoms with van der Waals surface area (Å²) in [4.78, 5) is 12.5. The predicted molar refractivity (Wildman–Crippen MR) is 65.9 cm³/mol. The van der Waals surface area contributed by atoms with Crippen LogP contribution in [0, 0.1) is 0 Å². The van der Waals surface area contributed by atoms with Gasteiger partial charge in [0.15, 0.2) is 0 Å². The lowest BCUT2D eigenvalue weighted by molar-refractivity contribution is 0.108. The second-order valence-corrected chi connectivity index (χ2v) is 4.72. The monoisotopic (exact) mass is 252 g/mol. The Balaban J connectivity index is 2.31. The van der Waals surface area contributed by atoms with Gasteiger partial charge >= 0.3 is 0 Å². The number of carbonyl (C=O) groups excluding carboxylic acids is 1. The zero-order chi connectivity index (χ0) is 11.5. The molecule has 0 fully saturated rings. The van der Waals surface area contributed by atoms with E-state index in [9.17, 15) is 4.79 Å². The minimum absolute atomic E-state index is 0.0378. The van der Waals surface area contributed by atoms with Crippen molar-refractivity contribution in [2.75, 3.05) is 0 Å². The maximum Gasteiger partial charge on any atom is 0.262 e. The van der Waals surface area contributed by atoms with E-state index < -0.39 is 5.24 Å². The molecule has 82 valence electrons. The largest absolute Gasteiger partial charge is 0.392 e. The molecule has 0 amide bonds. The molecular weight excluding hydrogens is 244 g/mol. The smallest absolute Gasteiger partial charge is 0.262 e. The molecular formula is C12H9ClO2S. The van der Waals surface area contributed by atoms with Crippen molar-refractivity contribution in [3.05, 3.63) is 46.8 Å². The molecule has 0 unspecified atom stereocenters. The molecule has 2 rings (SSSR count). The minimum atomic E-state index is -0.428. The van der Waals surface area contributed by atoms with Gasteiger partial charge in [0.05, 0.1) is 11.5 Å². The van der Waals surface area contributed by atoms with Gasteiger partial charge in [-0.05, 0) is 34.9 Å². The fraction of sp³-hybridized carbons (Fsp3) is 0.0833. The first kappa shape index (κ1) is 11.3. The number of benzene rings is 1. The second kappa shape index (κ2) is 4.78. The van der Waals surface area contributed by atoms with Crippen molar-refractivity contribution in [2.24, 2.45) is 0 Å². The molecule has 2 aromatic rings. The Hall–Kier alpha value is -1.16. The Morgan fingerprint density at radius 1 is 1.19 bits per heavy atom. The lowest BCUT2D eigenvalue weighted by Crippen LogP contribution is -1.81. The van der Waals surface area contributed by atoms with E-state index in [0.29, 0.717) is 4.88 Å². The molecule has 0 aliphatic heterocycles. The average Bonchev–Trinajstić information content (AvgIpc) is 2.78. The van der Waals surface area contributed by atoms with Gasteiger partial charge in [0.25, 0.3) is 5.24 Å². The number of rotatable bonds is 3. The van der Waals surface area contributed by atoms with E-state index >= 15 is 0 Å². The fourth-order valence-corrected chi connectivity index (χ4v) is 2.40. The summed E-state index contributed by atoms with van der Waals surface area (Å²) in [6, 6.07) is 11.1. The first-order valence-electron chi connectivity index (χ1n) is 4.70. The summed E-state index contributed by atoms with van der Waals surface area (Å²) < 4.78 is 0. The molecule has 1 aromatic heterocycles. The molecule has 0 aliphatic rings. The molecule has 0 saturated heterocycles. The van der Waals surface area contributed by atoms with Crippen molar-refractivity contribution >= 4 is 28.2 Å². The summed E-state index contributed by atoms with van der Waals surface area (Å²) in [5, 5.41) is 8.49. The van der Waals surface area contributed by atoms with Gasteiger partial charge in [0.1, 0.15) is 0 Å². The number of halogens is 1. The van der Waals surface area contributed by atoms with Gasteiger partial charge in [0, 0.05) is 4.88 Å². The normalized spacial score (nSPS) is 10.4. The number of aliphatic hydroxyl groups excluding tert-OH is 1. The van der Waals surface area contributed by atoms with Crippen molar-refractivity contribution in [1.82, 2.24) is 0 Å². The van der Waals surface area contributed by atoms with E-state index in [-0.39, 0.29) is 6.61 Å². The predicted octanol–water partition coefficient (Wildman–Crippen LogP) is 3.29. The highest BCUT2D eigenvalue weighted by atomic mass is 35.5. The Morgan fingerprint density at radius 3 is 2.38 bits per heavy atom. The van der Waals surface area contributed by atoms with Crippen molar-refractivity contribution in [2.45, 2.75) is 6.61 Å². The highest BCUT2D eigenvalue weighted by molar-refractivity contribution is 7.18. The Morgan fingerprint density at radius 2 is 1.88 bits per heavy atom. The number of thiophene rings is 1. The van der Waals surface area contributed by atoms with Crippen LogP contribution >= 0.6 is 22.9 Å². The summed E-state index contributed by atoms with van der Waals surface area (Å²) >= 11 is 6.75. The fourth-order valence-electron chi connectivity index (χ4n) is 1.37. The van der Waals surface area contributed by atoms with E-state index in [1.807, 2.05) is 30.3 Å². The maximum absolute atomic E-state index is 10.9. The lowest BCUT2D eigenvalue weighted by atomic mass is 10.1. The van der Waals surface area contributed by atoms with E-state index in [0.717, 1.165) is 16.0 Å². The first-order chi connectivity index (χ1) is 7.70. The van der Waals surface area contributed by atoms with Crippen molar-refractivity contribution in [3.63, 3.8) is 0 Å². The van der Waals surface area contributed by atoms with E-state index in [1.165, 1.54) is 11.3 Å². The maximum atomic E-state index is 10.9. The molecule has 4 heteroatoms. The molecule has 1 aromatic carbocycles. The Bertz CT molecular complexity index is 502. The number of hydrogen-bond donors (Lipinski definition) is 1. The Kier molecular flexibility index (Phi) is 3.39. The SMILES string of the molecule is O=C(Cl)c1ccc(-c2ccc(CO)cc2)s1. The first-order valence-corrected chi connectivity index (χ1v) is 5.90.